The molecule has 0 unspecified atom stereocenters. The summed E-state index contributed by atoms with van der Waals surface area (Å²) >= 11 is 2.46. The Hall–Kier alpha value is -0.0900. The molecular weight excluding hydrogens is 285 g/mol. The summed E-state index contributed by atoms with van der Waals surface area (Å²) in [4.78, 5) is 2.55. The Morgan fingerprint density at radius 1 is 1.29 bits per heavy atom. The van der Waals surface area contributed by atoms with Crippen molar-refractivity contribution in [1.82, 2.24) is 4.90 Å². The third-order valence-electron chi connectivity index (χ3n) is 2.86. The first-order chi connectivity index (χ1) is 6.77. The summed E-state index contributed by atoms with van der Waals surface area (Å²) in [5, 5.41) is 0. The van der Waals surface area contributed by atoms with E-state index in [1.54, 1.807) is 0 Å². The van der Waals surface area contributed by atoms with Crippen LogP contribution in [-0.2, 0) is 6.54 Å². The molecule has 0 saturated carbocycles. The minimum atomic E-state index is 1.14. The van der Waals surface area contributed by atoms with Gasteiger partial charge in [-0.2, -0.15) is 0 Å². The van der Waals surface area contributed by atoms with E-state index in [-0.39, 0.29) is 0 Å². The molecular formula is C12H16IN. The molecule has 76 valence electrons. The smallest absolute Gasteiger partial charge is 0.0244 e. The Balaban J connectivity index is 2.11. The summed E-state index contributed by atoms with van der Waals surface area (Å²) in [6, 6.07) is 6.62. The minimum absolute atomic E-state index is 1.14. The highest BCUT2D eigenvalue weighted by atomic mass is 127. The van der Waals surface area contributed by atoms with Crippen molar-refractivity contribution in [2.45, 2.75) is 26.3 Å². The van der Waals surface area contributed by atoms with Crippen LogP contribution >= 0.6 is 22.6 Å². The first-order valence-electron chi connectivity index (χ1n) is 5.24. The summed E-state index contributed by atoms with van der Waals surface area (Å²) < 4.78 is 1.44. The second-order valence-corrected chi connectivity index (χ2v) is 5.11. The van der Waals surface area contributed by atoms with Crippen molar-refractivity contribution in [2.24, 2.45) is 0 Å². The van der Waals surface area contributed by atoms with E-state index >= 15 is 0 Å². The highest BCUT2D eigenvalue weighted by molar-refractivity contribution is 14.1. The van der Waals surface area contributed by atoms with Crippen molar-refractivity contribution >= 4 is 22.6 Å². The van der Waals surface area contributed by atoms with Crippen LogP contribution in [0.25, 0.3) is 0 Å². The van der Waals surface area contributed by atoms with E-state index in [1.807, 2.05) is 0 Å². The fourth-order valence-corrected chi connectivity index (χ4v) is 2.54. The zero-order valence-corrected chi connectivity index (χ0v) is 10.8. The van der Waals surface area contributed by atoms with E-state index in [0.717, 1.165) is 6.54 Å². The number of nitrogens with zero attached hydrogens (tertiary/aromatic N) is 1. The third kappa shape index (κ3) is 2.28. The zero-order chi connectivity index (χ0) is 9.97. The quantitative estimate of drug-likeness (QED) is 0.758. The normalized spacial score (nSPS) is 17.6. The summed E-state index contributed by atoms with van der Waals surface area (Å²) in [5.74, 6) is 0. The summed E-state index contributed by atoms with van der Waals surface area (Å²) in [7, 11) is 0. The van der Waals surface area contributed by atoms with Crippen molar-refractivity contribution in [1.29, 1.82) is 0 Å². The van der Waals surface area contributed by atoms with E-state index in [1.165, 1.54) is 40.6 Å². The Labute approximate surface area is 99.6 Å². The van der Waals surface area contributed by atoms with E-state index in [0.29, 0.717) is 0 Å². The molecule has 1 aromatic carbocycles. The fraction of sp³-hybridized carbons (Fsp3) is 0.500. The van der Waals surface area contributed by atoms with Crippen LogP contribution in [0.4, 0.5) is 0 Å². The molecule has 2 rings (SSSR count). The van der Waals surface area contributed by atoms with Crippen molar-refractivity contribution < 1.29 is 0 Å². The molecule has 1 nitrogen and oxygen atoms in total. The van der Waals surface area contributed by atoms with Crippen LogP contribution in [0.2, 0.25) is 0 Å². The lowest BCUT2D eigenvalue weighted by Crippen LogP contribution is -2.19. The van der Waals surface area contributed by atoms with Crippen molar-refractivity contribution in [3.8, 4) is 0 Å². The number of rotatable bonds is 2. The largest absolute Gasteiger partial charge is 0.299 e. The van der Waals surface area contributed by atoms with Crippen LogP contribution in [-0.4, -0.2) is 18.0 Å². The lowest BCUT2D eigenvalue weighted by molar-refractivity contribution is 0.330. The lowest BCUT2D eigenvalue weighted by atomic mass is 10.1. The van der Waals surface area contributed by atoms with Gasteiger partial charge < -0.3 is 0 Å². The predicted octanol–water partition coefficient (Wildman–Crippen LogP) is 3.20. The molecule has 1 saturated heterocycles. The van der Waals surface area contributed by atoms with Gasteiger partial charge in [0.2, 0.25) is 0 Å². The van der Waals surface area contributed by atoms with Gasteiger partial charge in [-0.15, -0.1) is 0 Å². The molecule has 1 fully saturated rings. The number of likely N-dealkylation sites (tertiary alicyclic amines) is 1. The van der Waals surface area contributed by atoms with Gasteiger partial charge in [0.1, 0.15) is 0 Å². The number of halogens is 1. The molecule has 0 N–H and O–H groups in total. The van der Waals surface area contributed by atoms with Crippen molar-refractivity contribution in [3.63, 3.8) is 0 Å². The fourth-order valence-electron chi connectivity index (χ4n) is 2.01. The zero-order valence-electron chi connectivity index (χ0n) is 8.59. The summed E-state index contributed by atoms with van der Waals surface area (Å²) in [5.41, 5.74) is 2.90. The van der Waals surface area contributed by atoms with Gasteiger partial charge in [0.05, 0.1) is 0 Å². The van der Waals surface area contributed by atoms with E-state index in [9.17, 15) is 0 Å². The SMILES string of the molecule is Cc1cccc(CN2CCCC2)c1I. The minimum Gasteiger partial charge on any atom is -0.299 e. The standard InChI is InChI=1S/C12H16IN/c1-10-5-4-6-11(12(10)13)9-14-7-2-3-8-14/h4-6H,2-3,7-9H2,1H3. The van der Waals surface area contributed by atoms with Crippen molar-refractivity contribution in [3.05, 3.63) is 32.9 Å². The van der Waals surface area contributed by atoms with Gasteiger partial charge in [-0.3, -0.25) is 4.90 Å². The Kier molecular flexibility index (Phi) is 3.44. The lowest BCUT2D eigenvalue weighted by Gasteiger charge is -2.16. The molecule has 1 aromatic rings. The number of hydrogen-bond acceptors (Lipinski definition) is 1. The van der Waals surface area contributed by atoms with Gasteiger partial charge in [0.15, 0.2) is 0 Å². The van der Waals surface area contributed by atoms with Crippen molar-refractivity contribution in [2.75, 3.05) is 13.1 Å². The molecule has 0 aliphatic carbocycles. The van der Waals surface area contributed by atoms with Crippen LogP contribution in [0, 0.1) is 10.5 Å². The molecule has 1 aliphatic rings. The third-order valence-corrected chi connectivity index (χ3v) is 4.41. The molecule has 0 radical (unpaired) electrons. The average Bonchev–Trinajstić information content (AvgIpc) is 2.66. The summed E-state index contributed by atoms with van der Waals surface area (Å²) in [6.45, 7) is 5.89. The monoisotopic (exact) mass is 301 g/mol. The second kappa shape index (κ2) is 4.62. The van der Waals surface area contributed by atoms with Crippen LogP contribution in [0.5, 0.6) is 0 Å². The van der Waals surface area contributed by atoms with Gasteiger partial charge >= 0.3 is 0 Å². The maximum Gasteiger partial charge on any atom is 0.0244 e. The molecule has 2 heteroatoms. The highest BCUT2D eigenvalue weighted by Crippen LogP contribution is 2.20. The van der Waals surface area contributed by atoms with E-state index in [2.05, 4.69) is 52.6 Å². The Bertz CT molecular complexity index is 316. The Morgan fingerprint density at radius 3 is 2.71 bits per heavy atom. The van der Waals surface area contributed by atoms with Crippen LogP contribution in [0.3, 0.4) is 0 Å². The van der Waals surface area contributed by atoms with Gasteiger partial charge in [-0.1, -0.05) is 18.2 Å². The van der Waals surface area contributed by atoms with Crippen LogP contribution in [0.1, 0.15) is 24.0 Å². The average molecular weight is 301 g/mol. The number of benzene rings is 1. The Morgan fingerprint density at radius 2 is 2.00 bits per heavy atom. The molecule has 0 bridgehead atoms. The van der Waals surface area contributed by atoms with Gasteiger partial charge in [0, 0.05) is 10.1 Å². The highest BCUT2D eigenvalue weighted by Gasteiger charge is 2.13. The first-order valence-corrected chi connectivity index (χ1v) is 6.31. The summed E-state index contributed by atoms with van der Waals surface area (Å²) in [6.07, 6.45) is 2.75. The maximum absolute atomic E-state index is 2.55. The topological polar surface area (TPSA) is 3.24 Å². The van der Waals surface area contributed by atoms with Gasteiger partial charge in [-0.25, -0.2) is 0 Å². The molecule has 1 heterocycles. The molecule has 0 atom stereocenters. The van der Waals surface area contributed by atoms with Crippen LogP contribution < -0.4 is 0 Å². The first kappa shape index (κ1) is 10.4. The molecule has 0 spiro atoms. The second-order valence-electron chi connectivity index (χ2n) is 4.03. The van der Waals surface area contributed by atoms with Crippen LogP contribution in [0.15, 0.2) is 18.2 Å². The van der Waals surface area contributed by atoms with E-state index < -0.39 is 0 Å². The van der Waals surface area contributed by atoms with Gasteiger partial charge in [0.25, 0.3) is 0 Å². The predicted molar refractivity (Wildman–Crippen MR) is 68.4 cm³/mol. The van der Waals surface area contributed by atoms with E-state index in [4.69, 9.17) is 0 Å². The van der Waals surface area contributed by atoms with Gasteiger partial charge in [-0.05, 0) is 66.6 Å². The number of hydrogen-bond donors (Lipinski definition) is 0. The molecule has 14 heavy (non-hydrogen) atoms. The maximum atomic E-state index is 2.55. The molecule has 1 aliphatic heterocycles. The molecule has 0 amide bonds. The number of aryl methyl sites for hydroxylation is 1. The molecule has 0 aromatic heterocycles.